The largest absolute Gasteiger partial charge is 0.259 e. The molecule has 0 saturated carbocycles. The fourth-order valence-electron chi connectivity index (χ4n) is 0.787. The van der Waals surface area contributed by atoms with Gasteiger partial charge in [0.15, 0.2) is 0 Å². The number of rotatable bonds is 3. The van der Waals surface area contributed by atoms with E-state index in [1.807, 2.05) is 0 Å². The van der Waals surface area contributed by atoms with Gasteiger partial charge in [-0.05, 0) is 31.7 Å². The minimum atomic E-state index is -0.530. The van der Waals surface area contributed by atoms with Crippen molar-refractivity contribution in [1.29, 1.82) is 10.7 Å². The molecule has 0 aliphatic heterocycles. The number of nitriles is 1. The number of allylic oxidation sites excluding steroid dienone is 1. The summed E-state index contributed by atoms with van der Waals surface area (Å²) in [7, 11) is 5.40. The Labute approximate surface area is 68.8 Å². The van der Waals surface area contributed by atoms with Gasteiger partial charge in [0.25, 0.3) is 0 Å². The predicted molar refractivity (Wildman–Crippen MR) is 45.8 cm³/mol. The van der Waals surface area contributed by atoms with Crippen LogP contribution in [0.1, 0.15) is 20.3 Å². The van der Waals surface area contributed by atoms with Gasteiger partial charge < -0.3 is 0 Å². The number of hydrogen-bond acceptors (Lipinski definition) is 2. The molecule has 0 spiro atoms. The van der Waals surface area contributed by atoms with Crippen molar-refractivity contribution >= 4 is 13.7 Å². The van der Waals surface area contributed by atoms with Crippen molar-refractivity contribution in [3.05, 3.63) is 5.57 Å². The fraction of sp³-hybridized carbons (Fsp3) is 0.625. The Morgan fingerprint density at radius 2 is 2.27 bits per heavy atom. The van der Waals surface area contributed by atoms with E-state index in [9.17, 15) is 0 Å². The average molecular weight is 146 g/mol. The van der Waals surface area contributed by atoms with Crippen LogP contribution in [-0.4, -0.2) is 13.7 Å². The summed E-state index contributed by atoms with van der Waals surface area (Å²) in [5.41, 5.74) is 0.234. The minimum absolute atomic E-state index is 0.322. The molecule has 0 amide bonds. The zero-order valence-electron chi connectivity index (χ0n) is 6.94. The third-order valence-electron chi connectivity index (χ3n) is 1.59. The highest BCUT2D eigenvalue weighted by molar-refractivity contribution is 6.09. The first kappa shape index (κ1) is 10.0. The molecule has 2 radical (unpaired) electrons. The lowest BCUT2D eigenvalue weighted by Gasteiger charge is -2.18. The molecular weight excluding hydrogens is 135 g/mol. The van der Waals surface area contributed by atoms with Crippen LogP contribution in [0.5, 0.6) is 0 Å². The molecule has 0 aromatic rings. The molecule has 1 atom stereocenters. The van der Waals surface area contributed by atoms with Gasteiger partial charge in [0.1, 0.15) is 0 Å². The Morgan fingerprint density at radius 3 is 2.55 bits per heavy atom. The first-order chi connectivity index (χ1) is 5.08. The summed E-state index contributed by atoms with van der Waals surface area (Å²) in [5, 5.41) is 15.5. The lowest BCUT2D eigenvalue weighted by Crippen LogP contribution is -2.13. The van der Waals surface area contributed by atoms with Crippen LogP contribution in [0, 0.1) is 22.2 Å². The summed E-state index contributed by atoms with van der Waals surface area (Å²) in [6.45, 7) is 3.56. The molecule has 0 fully saturated rings. The van der Waals surface area contributed by atoms with Gasteiger partial charge >= 0.3 is 0 Å². The molecule has 1 unspecified atom stereocenters. The Hall–Kier alpha value is -0.995. The van der Waals surface area contributed by atoms with Crippen molar-refractivity contribution < 1.29 is 0 Å². The maximum Gasteiger partial charge on any atom is 0.0682 e. The smallest absolute Gasteiger partial charge is 0.0682 e. The van der Waals surface area contributed by atoms with E-state index in [1.54, 1.807) is 13.8 Å². The van der Waals surface area contributed by atoms with Gasteiger partial charge in [-0.1, -0.05) is 6.32 Å². The van der Waals surface area contributed by atoms with E-state index in [1.165, 1.54) is 0 Å². The third-order valence-corrected chi connectivity index (χ3v) is 1.59. The number of hydrogen-bond donors (Lipinski definition) is 1. The van der Waals surface area contributed by atoms with E-state index in [2.05, 4.69) is 11.9 Å². The second kappa shape index (κ2) is 4.00. The lowest BCUT2D eigenvalue weighted by molar-refractivity contribution is 0.493. The highest BCUT2D eigenvalue weighted by atomic mass is 14.3. The first-order valence-electron chi connectivity index (χ1n) is 3.44. The molecule has 0 aliphatic rings. The summed E-state index contributed by atoms with van der Waals surface area (Å²) < 4.78 is 0. The summed E-state index contributed by atoms with van der Waals surface area (Å²) >= 11 is 0. The average Bonchev–Trinajstić information content (AvgIpc) is 2.04. The van der Waals surface area contributed by atoms with Crippen molar-refractivity contribution in [2.45, 2.75) is 26.6 Å². The van der Waals surface area contributed by atoms with Crippen LogP contribution >= 0.6 is 0 Å². The molecule has 2 nitrogen and oxygen atoms in total. The maximum absolute atomic E-state index is 8.70. The van der Waals surface area contributed by atoms with E-state index in [0.717, 1.165) is 5.57 Å². The molecule has 0 aliphatic carbocycles. The number of nitrogens with one attached hydrogen (secondary N) is 1. The van der Waals surface area contributed by atoms with Crippen LogP contribution < -0.4 is 0 Å². The Bertz CT molecular complexity index is 223. The first-order valence-corrected chi connectivity index (χ1v) is 3.44. The van der Waals surface area contributed by atoms with Gasteiger partial charge in [-0.15, -0.1) is 0 Å². The van der Waals surface area contributed by atoms with Gasteiger partial charge in [-0.2, -0.15) is 5.26 Å². The second-order valence-corrected chi connectivity index (χ2v) is 2.96. The van der Waals surface area contributed by atoms with E-state index in [-0.39, 0.29) is 0 Å². The summed E-state index contributed by atoms with van der Waals surface area (Å²) in [6.07, 6.45) is 0.853. The fourth-order valence-corrected chi connectivity index (χ4v) is 0.787. The highest BCUT2D eigenvalue weighted by Crippen LogP contribution is 2.26. The Morgan fingerprint density at radius 1 is 1.73 bits per heavy atom. The zero-order valence-corrected chi connectivity index (χ0v) is 6.94. The van der Waals surface area contributed by atoms with Crippen LogP contribution in [-0.2, 0) is 0 Å². The van der Waals surface area contributed by atoms with Crippen molar-refractivity contribution in [3.8, 4) is 6.07 Å². The normalized spacial score (nSPS) is 14.3. The summed E-state index contributed by atoms with van der Waals surface area (Å²) in [6, 6.07) is 2.12. The molecule has 1 N–H and O–H groups in total. The standard InChI is InChI=1S/C8H11BN2/c1-7(4-10)3-8(2,5-9)6-11/h10H,3,5H2,1-2H3. The molecule has 11 heavy (non-hydrogen) atoms. The van der Waals surface area contributed by atoms with Crippen LogP contribution in [0.3, 0.4) is 0 Å². The maximum atomic E-state index is 8.70. The predicted octanol–water partition coefficient (Wildman–Crippen LogP) is 1.69. The van der Waals surface area contributed by atoms with Gasteiger partial charge in [-0.25, -0.2) is 0 Å². The van der Waals surface area contributed by atoms with Gasteiger partial charge in [0.2, 0.25) is 0 Å². The summed E-state index contributed by atoms with van der Waals surface area (Å²) in [5.74, 6) is 2.25. The van der Waals surface area contributed by atoms with Crippen LogP contribution in [0.4, 0.5) is 0 Å². The minimum Gasteiger partial charge on any atom is -0.259 e. The number of nitrogens with zero attached hydrogens (tertiary/aromatic N) is 1. The van der Waals surface area contributed by atoms with Gasteiger partial charge in [0, 0.05) is 0 Å². The van der Waals surface area contributed by atoms with Gasteiger partial charge in [-0.3, -0.25) is 5.41 Å². The molecule has 56 valence electrons. The molecule has 3 heteroatoms. The van der Waals surface area contributed by atoms with Crippen molar-refractivity contribution in [2.75, 3.05) is 0 Å². The van der Waals surface area contributed by atoms with Crippen LogP contribution in [0.15, 0.2) is 5.57 Å². The molecule has 0 bridgehead atoms. The summed E-state index contributed by atoms with van der Waals surface area (Å²) in [4.78, 5) is 0. The highest BCUT2D eigenvalue weighted by Gasteiger charge is 2.20. The molecule has 0 rings (SSSR count). The molecule has 0 saturated heterocycles. The molecule has 0 aromatic carbocycles. The van der Waals surface area contributed by atoms with E-state index >= 15 is 0 Å². The Balaban J connectivity index is 4.35. The van der Waals surface area contributed by atoms with Crippen LogP contribution in [0.2, 0.25) is 6.32 Å². The zero-order chi connectivity index (χ0) is 8.91. The third kappa shape index (κ3) is 3.07. The Kier molecular flexibility index (Phi) is 3.64. The SMILES string of the molecule is [B]CC(C)(C#N)CC(C)=C=N. The molecule has 0 aromatic heterocycles. The van der Waals surface area contributed by atoms with Crippen molar-refractivity contribution in [2.24, 2.45) is 5.41 Å². The topological polar surface area (TPSA) is 47.6 Å². The van der Waals surface area contributed by atoms with Gasteiger partial charge in [0.05, 0.1) is 19.3 Å². The molecule has 0 heterocycles. The second-order valence-electron chi connectivity index (χ2n) is 2.96. The van der Waals surface area contributed by atoms with Crippen molar-refractivity contribution in [1.82, 2.24) is 0 Å². The van der Waals surface area contributed by atoms with E-state index in [4.69, 9.17) is 18.5 Å². The van der Waals surface area contributed by atoms with E-state index < -0.39 is 5.41 Å². The monoisotopic (exact) mass is 146 g/mol. The van der Waals surface area contributed by atoms with Crippen molar-refractivity contribution in [3.63, 3.8) is 0 Å². The molecular formula is C8H11BN2. The quantitative estimate of drug-likeness (QED) is 0.477. The lowest BCUT2D eigenvalue weighted by atomic mass is 9.75. The van der Waals surface area contributed by atoms with Crippen LogP contribution in [0.25, 0.3) is 0 Å². The van der Waals surface area contributed by atoms with E-state index in [0.29, 0.717) is 12.7 Å².